The van der Waals surface area contributed by atoms with Gasteiger partial charge in [0.05, 0.1) is 0 Å². The van der Waals surface area contributed by atoms with Crippen molar-refractivity contribution in [2.75, 3.05) is 4.90 Å². The summed E-state index contributed by atoms with van der Waals surface area (Å²) in [6.07, 6.45) is 0. The van der Waals surface area contributed by atoms with Gasteiger partial charge in [-0.3, -0.25) is 0 Å². The lowest BCUT2D eigenvalue weighted by atomic mass is 9.80. The fraction of sp³-hybridized carbons (Fsp3) is 0.0638. The van der Waals surface area contributed by atoms with Gasteiger partial charge < -0.3 is 4.90 Å². The molecule has 0 aromatic heterocycles. The predicted molar refractivity (Wildman–Crippen MR) is 205 cm³/mol. The lowest BCUT2D eigenvalue weighted by Crippen LogP contribution is -2.14. The zero-order chi connectivity index (χ0) is 32.2. The molecule has 0 radical (unpaired) electrons. The summed E-state index contributed by atoms with van der Waals surface area (Å²) >= 11 is 0. The van der Waals surface area contributed by atoms with Gasteiger partial charge in [-0.15, -0.1) is 0 Å². The molecule has 0 saturated carbocycles. The van der Waals surface area contributed by atoms with E-state index in [2.05, 4.69) is 195 Å². The van der Waals surface area contributed by atoms with Crippen LogP contribution in [0.2, 0.25) is 0 Å². The van der Waals surface area contributed by atoms with Crippen molar-refractivity contribution in [1.29, 1.82) is 0 Å². The van der Waals surface area contributed by atoms with Crippen molar-refractivity contribution in [1.82, 2.24) is 0 Å². The van der Waals surface area contributed by atoms with Crippen LogP contribution in [-0.2, 0) is 5.41 Å². The fourth-order valence-corrected chi connectivity index (χ4v) is 7.78. The first-order valence-corrected chi connectivity index (χ1v) is 16.8. The van der Waals surface area contributed by atoms with Gasteiger partial charge in [0.1, 0.15) is 0 Å². The van der Waals surface area contributed by atoms with Gasteiger partial charge in [-0.25, -0.2) is 0 Å². The molecule has 0 N–H and O–H groups in total. The van der Waals surface area contributed by atoms with Crippen molar-refractivity contribution in [2.24, 2.45) is 0 Å². The number of hydrogen-bond acceptors (Lipinski definition) is 1. The Kier molecular flexibility index (Phi) is 6.55. The molecule has 0 amide bonds. The molecule has 1 nitrogen and oxygen atoms in total. The van der Waals surface area contributed by atoms with E-state index < -0.39 is 0 Å². The number of fused-ring (bicyclic) bond motifs is 5. The van der Waals surface area contributed by atoms with Crippen molar-refractivity contribution in [3.8, 4) is 33.4 Å². The van der Waals surface area contributed by atoms with Gasteiger partial charge >= 0.3 is 0 Å². The number of hydrogen-bond donors (Lipinski definition) is 0. The molecule has 9 rings (SSSR count). The van der Waals surface area contributed by atoms with E-state index in [1.165, 1.54) is 66.1 Å². The summed E-state index contributed by atoms with van der Waals surface area (Å²) in [4.78, 5) is 2.35. The van der Waals surface area contributed by atoms with E-state index in [4.69, 9.17) is 0 Å². The van der Waals surface area contributed by atoms with E-state index in [0.717, 1.165) is 17.1 Å². The molecule has 1 aliphatic rings. The molecule has 0 saturated heterocycles. The van der Waals surface area contributed by atoms with E-state index in [1.807, 2.05) is 0 Å². The maximum absolute atomic E-state index is 2.42. The second-order valence-corrected chi connectivity index (χ2v) is 13.4. The van der Waals surface area contributed by atoms with Crippen LogP contribution in [0.15, 0.2) is 176 Å². The Morgan fingerprint density at radius 2 is 0.938 bits per heavy atom. The van der Waals surface area contributed by atoms with Crippen molar-refractivity contribution in [3.63, 3.8) is 0 Å². The van der Waals surface area contributed by atoms with Crippen LogP contribution in [0, 0.1) is 0 Å². The molecule has 48 heavy (non-hydrogen) atoms. The summed E-state index contributed by atoms with van der Waals surface area (Å²) < 4.78 is 0. The lowest BCUT2D eigenvalue weighted by molar-refractivity contribution is 0.661. The summed E-state index contributed by atoms with van der Waals surface area (Å²) in [5, 5.41) is 5.10. The molecule has 0 atom stereocenters. The summed E-state index contributed by atoms with van der Waals surface area (Å²) in [6, 6.07) is 64.3. The molecular formula is C47H35N. The molecule has 1 aliphatic carbocycles. The van der Waals surface area contributed by atoms with Gasteiger partial charge in [0, 0.05) is 22.5 Å². The molecule has 0 unspecified atom stereocenters. The molecule has 8 aromatic carbocycles. The van der Waals surface area contributed by atoms with E-state index >= 15 is 0 Å². The maximum Gasteiger partial charge on any atom is 0.0462 e. The van der Waals surface area contributed by atoms with Crippen molar-refractivity contribution < 1.29 is 0 Å². The van der Waals surface area contributed by atoms with Gasteiger partial charge in [0.2, 0.25) is 0 Å². The van der Waals surface area contributed by atoms with Crippen molar-refractivity contribution in [2.45, 2.75) is 19.3 Å². The van der Waals surface area contributed by atoms with Crippen LogP contribution >= 0.6 is 0 Å². The fourth-order valence-electron chi connectivity index (χ4n) is 7.78. The highest BCUT2D eigenvalue weighted by Gasteiger charge is 2.37. The van der Waals surface area contributed by atoms with Gasteiger partial charge in [0.25, 0.3) is 0 Å². The highest BCUT2D eigenvalue weighted by atomic mass is 15.1. The summed E-state index contributed by atoms with van der Waals surface area (Å²) in [7, 11) is 0. The van der Waals surface area contributed by atoms with E-state index in [-0.39, 0.29) is 5.41 Å². The molecule has 0 spiro atoms. The molecular weight excluding hydrogens is 579 g/mol. The number of anilines is 3. The third-order valence-electron chi connectivity index (χ3n) is 10.2. The third-order valence-corrected chi connectivity index (χ3v) is 10.2. The van der Waals surface area contributed by atoms with Gasteiger partial charge in [-0.05, 0) is 115 Å². The van der Waals surface area contributed by atoms with E-state index in [1.54, 1.807) is 0 Å². The highest BCUT2D eigenvalue weighted by molar-refractivity contribution is 6.08. The minimum atomic E-state index is -0.0617. The molecule has 0 heterocycles. The smallest absolute Gasteiger partial charge is 0.0462 e. The van der Waals surface area contributed by atoms with E-state index in [9.17, 15) is 0 Å². The first kappa shape index (κ1) is 28.3. The quantitative estimate of drug-likeness (QED) is 0.187. The second-order valence-electron chi connectivity index (χ2n) is 13.4. The summed E-state index contributed by atoms with van der Waals surface area (Å²) in [5.41, 5.74) is 13.8. The molecule has 0 aliphatic heterocycles. The van der Waals surface area contributed by atoms with E-state index in [0.29, 0.717) is 0 Å². The van der Waals surface area contributed by atoms with Gasteiger partial charge in [-0.1, -0.05) is 141 Å². The molecule has 228 valence electrons. The monoisotopic (exact) mass is 613 g/mol. The van der Waals surface area contributed by atoms with Gasteiger partial charge in [0.15, 0.2) is 0 Å². The Hall–Kier alpha value is -5.92. The normalized spacial score (nSPS) is 13.0. The summed E-state index contributed by atoms with van der Waals surface area (Å²) in [5.74, 6) is 0. The first-order valence-electron chi connectivity index (χ1n) is 16.8. The zero-order valence-electron chi connectivity index (χ0n) is 27.2. The Bertz CT molecular complexity index is 2450. The highest BCUT2D eigenvalue weighted by Crippen LogP contribution is 2.54. The van der Waals surface area contributed by atoms with Crippen LogP contribution in [0.1, 0.15) is 25.0 Å². The van der Waals surface area contributed by atoms with Gasteiger partial charge in [-0.2, -0.15) is 0 Å². The third kappa shape index (κ3) is 4.54. The topological polar surface area (TPSA) is 3.24 Å². The van der Waals surface area contributed by atoms with Crippen LogP contribution in [0.5, 0.6) is 0 Å². The lowest BCUT2D eigenvalue weighted by Gasteiger charge is -2.26. The largest absolute Gasteiger partial charge is 0.311 e. The Morgan fingerprint density at radius 1 is 0.375 bits per heavy atom. The van der Waals surface area contributed by atoms with Crippen molar-refractivity contribution in [3.05, 3.63) is 187 Å². The van der Waals surface area contributed by atoms with Crippen LogP contribution < -0.4 is 4.90 Å². The van der Waals surface area contributed by atoms with Crippen LogP contribution in [0.25, 0.3) is 54.9 Å². The van der Waals surface area contributed by atoms with Crippen LogP contribution in [0.3, 0.4) is 0 Å². The average Bonchev–Trinajstić information content (AvgIpc) is 3.37. The predicted octanol–water partition coefficient (Wildman–Crippen LogP) is 13.1. The molecule has 0 fully saturated rings. The number of rotatable bonds is 5. The minimum absolute atomic E-state index is 0.0617. The molecule has 8 aromatic rings. The van der Waals surface area contributed by atoms with Crippen LogP contribution in [0.4, 0.5) is 17.1 Å². The first-order chi connectivity index (χ1) is 23.6. The average molecular weight is 614 g/mol. The second kappa shape index (κ2) is 11.1. The van der Waals surface area contributed by atoms with Crippen LogP contribution in [-0.4, -0.2) is 0 Å². The minimum Gasteiger partial charge on any atom is -0.311 e. The maximum atomic E-state index is 2.42. The Labute approximate surface area is 282 Å². The summed E-state index contributed by atoms with van der Waals surface area (Å²) in [6.45, 7) is 4.73. The Balaban J connectivity index is 1.15. The zero-order valence-corrected chi connectivity index (χ0v) is 27.2. The Morgan fingerprint density at radius 3 is 1.69 bits per heavy atom. The molecule has 1 heteroatoms. The van der Waals surface area contributed by atoms with Crippen molar-refractivity contribution >= 4 is 38.6 Å². The number of benzene rings is 8. The number of para-hydroxylation sites is 1. The molecule has 0 bridgehead atoms. The SMILES string of the molecule is CC1(C)c2ccccc2-c2c1cc1ccccc1c2-c1ccc(N(c2ccccc2)c2ccc(-c3ccc4ccccc4c3)cc2)cc1. The standard InChI is InChI=1S/C47H35N/c1-47(2)43-19-11-10-18-42(43)46-44(47)31-37-14-8-9-17-41(37)45(46)34-24-28-40(29-25-34)48(38-15-4-3-5-16-38)39-26-22-33(23-27-39)36-21-20-32-12-6-7-13-35(32)30-36/h3-31H,1-2H3. The number of nitrogens with zero attached hydrogens (tertiary/aromatic N) is 1.